The van der Waals surface area contributed by atoms with Crippen LogP contribution in [-0.4, -0.2) is 6.88 Å². The first-order chi connectivity index (χ1) is 21.5. The Hall–Kier alpha value is -2.80. The Bertz CT molecular complexity index is 1910. The van der Waals surface area contributed by atoms with Crippen LogP contribution in [0.5, 0.6) is 0 Å². The maximum atomic E-state index is 3.06. The fourth-order valence-corrected chi connectivity index (χ4v) is 6.06. The third-order valence-electron chi connectivity index (χ3n) is 8.99. The molecule has 6 aromatic rings. The fourth-order valence-electron chi connectivity index (χ4n) is 6.06. The van der Waals surface area contributed by atoms with E-state index in [0.29, 0.717) is 0 Å². The van der Waals surface area contributed by atoms with Gasteiger partial charge in [-0.2, -0.15) is 12.1 Å². The predicted octanol–water partition coefficient (Wildman–Crippen LogP) is 13.5. The van der Waals surface area contributed by atoms with Crippen LogP contribution in [-0.2, 0) is 39.6 Å². The molecule has 0 aliphatic carbocycles. The normalized spacial score (nSPS) is 11.5. The second-order valence-electron chi connectivity index (χ2n) is 15.7. The Morgan fingerprint density at radius 3 is 1.46 bits per heavy atom. The molecule has 252 valence electrons. The van der Waals surface area contributed by atoms with Crippen molar-refractivity contribution < 1.29 is 23.3 Å². The molecule has 0 nitrogen and oxygen atoms in total. The van der Waals surface area contributed by atoms with E-state index >= 15 is 0 Å². The topological polar surface area (TPSA) is 0 Å². The van der Waals surface area contributed by atoms with Crippen LogP contribution >= 0.6 is 0 Å². The van der Waals surface area contributed by atoms with Gasteiger partial charge in [-0.05, 0) is 38.5 Å². The second-order valence-corrected chi connectivity index (χ2v) is 15.7. The Morgan fingerprint density at radius 2 is 1.00 bits per heavy atom. The van der Waals surface area contributed by atoms with E-state index in [4.69, 9.17) is 0 Å². The Kier molecular flexibility index (Phi) is 14.0. The molecule has 48 heavy (non-hydrogen) atoms. The van der Waals surface area contributed by atoms with Crippen molar-refractivity contribution in [2.24, 2.45) is 0 Å². The number of hydrogen-bond acceptors (Lipinski definition) is 0. The third kappa shape index (κ3) is 9.46. The van der Waals surface area contributed by atoms with Gasteiger partial charge in [0, 0.05) is 0 Å². The molecule has 0 spiro atoms. The summed E-state index contributed by atoms with van der Waals surface area (Å²) in [5, 5.41) is 5.45. The number of rotatable bonds is 2. The van der Waals surface area contributed by atoms with Crippen LogP contribution in [0.25, 0.3) is 43.8 Å². The van der Waals surface area contributed by atoms with Crippen molar-refractivity contribution in [3.63, 3.8) is 0 Å². The average Bonchev–Trinajstić information content (AvgIpc) is 3.63. The first-order valence-corrected chi connectivity index (χ1v) is 20.5. The summed E-state index contributed by atoms with van der Waals surface area (Å²) in [6.45, 7) is 27.8. The molecule has 0 saturated heterocycles. The van der Waals surface area contributed by atoms with Gasteiger partial charge in [-0.15, -0.1) is 68.6 Å². The van der Waals surface area contributed by atoms with Crippen LogP contribution < -0.4 is 0 Å². The van der Waals surface area contributed by atoms with Gasteiger partial charge < -0.3 is 14.9 Å². The van der Waals surface area contributed by atoms with Crippen LogP contribution in [0.3, 0.4) is 0 Å². The SMILES string of the molecule is CC(C)(C)c1ccc(-c2cccc3[cH-]c(C(C)(C)C)cc23)cc1.Cc1cc2c(-c3ccc(C(C)(C)C)cc3)ccc(C)c2[cH-]1.[CH3-].[CH3-].[Si]=[Zr]. The zero-order chi connectivity index (χ0) is 34.0. The molecule has 0 saturated carbocycles. The van der Waals surface area contributed by atoms with Crippen molar-refractivity contribution in [3.05, 3.63) is 146 Å². The van der Waals surface area contributed by atoms with Crippen molar-refractivity contribution in [2.45, 2.75) is 92.4 Å². The second kappa shape index (κ2) is 16.3. The average molecular weight is 728 g/mol. The molecule has 0 heterocycles. The summed E-state index contributed by atoms with van der Waals surface area (Å²) in [6, 6.07) is 38.5. The summed E-state index contributed by atoms with van der Waals surface area (Å²) in [5.41, 5.74) is 12.7. The predicted molar refractivity (Wildman–Crippen MR) is 214 cm³/mol. The van der Waals surface area contributed by atoms with Crippen molar-refractivity contribution >= 4 is 28.4 Å². The Labute approximate surface area is 310 Å². The molecule has 0 amide bonds. The summed E-state index contributed by atoms with van der Waals surface area (Å²) in [6.07, 6.45) is 0. The molecule has 2 heteroatoms. The van der Waals surface area contributed by atoms with E-state index < -0.39 is 0 Å². The monoisotopic (exact) mass is 726 g/mol. The standard InChI is InChI=1S/C23H27.C21H23.2CH3.Si.Zr/c1-22(2,3)18-12-10-16(11-13-18)20-9-7-8-17-14-19(15-21(17)20)23(4,5)6;1-14-12-19-15(2)6-11-18(20(19)13-14)16-7-9-17(10-8-16)21(3,4)5;;;;/h7-15H,1-6H3;6-13H,1-5H3;2*1H3;;/q4*-1;;. The van der Waals surface area contributed by atoms with Crippen LogP contribution in [0, 0.1) is 28.7 Å². The molecule has 0 aromatic heterocycles. The summed E-state index contributed by atoms with van der Waals surface area (Å²) in [7, 11) is 0. The molecule has 0 unspecified atom stereocenters. The van der Waals surface area contributed by atoms with Gasteiger partial charge in [-0.25, -0.2) is 0 Å². The van der Waals surface area contributed by atoms with Gasteiger partial charge in [0.25, 0.3) is 0 Å². The van der Waals surface area contributed by atoms with Crippen LogP contribution in [0.2, 0.25) is 0 Å². The summed E-state index contributed by atoms with van der Waals surface area (Å²) >= 11 is 1.36. The zero-order valence-electron chi connectivity index (χ0n) is 31.8. The van der Waals surface area contributed by atoms with Crippen molar-refractivity contribution in [1.29, 1.82) is 0 Å². The van der Waals surface area contributed by atoms with Crippen molar-refractivity contribution in [3.8, 4) is 22.3 Å². The van der Waals surface area contributed by atoms with E-state index in [1.807, 2.05) is 0 Å². The quantitative estimate of drug-likeness (QED) is 0.123. The first kappa shape index (κ1) is 41.4. The summed E-state index contributed by atoms with van der Waals surface area (Å²) in [4.78, 5) is 0. The molecule has 0 aliphatic heterocycles. The van der Waals surface area contributed by atoms with Crippen LogP contribution in [0.15, 0.2) is 103 Å². The van der Waals surface area contributed by atoms with E-state index in [9.17, 15) is 0 Å². The molecule has 6 rings (SSSR count). The van der Waals surface area contributed by atoms with E-state index in [1.54, 1.807) is 0 Å². The van der Waals surface area contributed by atoms with E-state index in [2.05, 4.69) is 186 Å². The van der Waals surface area contributed by atoms with Gasteiger partial charge >= 0.3 is 30.2 Å². The third-order valence-corrected chi connectivity index (χ3v) is 8.99. The van der Waals surface area contributed by atoms with Crippen LogP contribution in [0.4, 0.5) is 0 Å². The molecular formula is C46H56SiZr-4. The van der Waals surface area contributed by atoms with Gasteiger partial charge in [0.15, 0.2) is 0 Å². The minimum atomic E-state index is 0. The Balaban J connectivity index is 0.000000306. The molecule has 0 bridgehead atoms. The first-order valence-electron chi connectivity index (χ1n) is 16.4. The van der Waals surface area contributed by atoms with Gasteiger partial charge in [-0.1, -0.05) is 148 Å². The minimum absolute atomic E-state index is 0. The van der Waals surface area contributed by atoms with Crippen LogP contribution in [0.1, 0.15) is 90.1 Å². The molecule has 0 aliphatic rings. The van der Waals surface area contributed by atoms with Crippen molar-refractivity contribution in [1.82, 2.24) is 0 Å². The van der Waals surface area contributed by atoms with E-state index in [1.165, 1.54) is 95.0 Å². The van der Waals surface area contributed by atoms with Crippen molar-refractivity contribution in [2.75, 3.05) is 0 Å². The molecule has 6 aromatic carbocycles. The Morgan fingerprint density at radius 1 is 0.521 bits per heavy atom. The number of aryl methyl sites for hydroxylation is 2. The number of fused-ring (bicyclic) bond motifs is 2. The molecule has 0 fully saturated rings. The summed E-state index contributed by atoms with van der Waals surface area (Å²) in [5.74, 6) is 0. The molecule has 0 atom stereocenters. The van der Waals surface area contributed by atoms with Gasteiger partial charge in [0.2, 0.25) is 0 Å². The molecule has 0 N–H and O–H groups in total. The number of hydrogen-bond donors (Lipinski definition) is 0. The zero-order valence-corrected chi connectivity index (χ0v) is 35.3. The molecule has 2 radical (unpaired) electrons. The molecular weight excluding hydrogens is 672 g/mol. The van der Waals surface area contributed by atoms with E-state index in [-0.39, 0.29) is 31.1 Å². The maximum absolute atomic E-state index is 3.06. The van der Waals surface area contributed by atoms with Gasteiger partial charge in [0.05, 0.1) is 0 Å². The van der Waals surface area contributed by atoms with Gasteiger partial charge in [-0.3, -0.25) is 0 Å². The fraction of sp³-hybridized carbons (Fsp3) is 0.304. The number of benzene rings is 4. The van der Waals surface area contributed by atoms with E-state index in [0.717, 1.165) is 0 Å². The van der Waals surface area contributed by atoms with Gasteiger partial charge in [0.1, 0.15) is 0 Å². The summed E-state index contributed by atoms with van der Waals surface area (Å²) < 4.78 is 0.